The highest BCUT2D eigenvalue weighted by atomic mass is 32.1. The lowest BCUT2D eigenvalue weighted by Gasteiger charge is -2.29. The second-order valence-corrected chi connectivity index (χ2v) is 14.0. The molecule has 2 heteroatoms. The highest BCUT2D eigenvalue weighted by Crippen LogP contribution is 2.54. The van der Waals surface area contributed by atoms with Crippen LogP contribution in [0, 0.1) is 0 Å². The first kappa shape index (κ1) is 27.8. The number of hydrogen-bond donors (Lipinski definition) is 0. The molecule has 0 atom stereocenters. The Bertz CT molecular complexity index is 2430. The molecule has 0 amide bonds. The molecule has 224 valence electrons. The van der Waals surface area contributed by atoms with E-state index in [1.165, 1.54) is 76.1 Å². The van der Waals surface area contributed by atoms with Crippen LogP contribution in [0.25, 0.3) is 53.6 Å². The highest BCUT2D eigenvalue weighted by Gasteiger charge is 2.37. The molecule has 1 heterocycles. The van der Waals surface area contributed by atoms with Crippen molar-refractivity contribution in [1.82, 2.24) is 0 Å². The van der Waals surface area contributed by atoms with Gasteiger partial charge in [-0.3, -0.25) is 0 Å². The van der Waals surface area contributed by atoms with Crippen molar-refractivity contribution < 1.29 is 0 Å². The molecule has 47 heavy (non-hydrogen) atoms. The zero-order valence-corrected chi connectivity index (χ0v) is 27.3. The lowest BCUT2D eigenvalue weighted by atomic mass is 9.82. The Labute approximate surface area is 280 Å². The summed E-state index contributed by atoms with van der Waals surface area (Å²) in [5, 5.41) is 2.60. The minimum Gasteiger partial charge on any atom is -0.308 e. The molecule has 1 aliphatic rings. The maximum atomic E-state index is 2.48. The van der Waals surface area contributed by atoms with Gasteiger partial charge >= 0.3 is 0 Å². The van der Waals surface area contributed by atoms with Crippen LogP contribution in [0.2, 0.25) is 0 Å². The van der Waals surface area contributed by atoms with Gasteiger partial charge in [0.15, 0.2) is 0 Å². The molecular formula is C45H33NS. The van der Waals surface area contributed by atoms with Gasteiger partial charge in [0.25, 0.3) is 0 Å². The molecule has 0 saturated heterocycles. The zero-order valence-electron chi connectivity index (χ0n) is 26.4. The van der Waals surface area contributed by atoms with E-state index in [2.05, 4.69) is 183 Å². The predicted molar refractivity (Wildman–Crippen MR) is 202 cm³/mol. The third kappa shape index (κ3) is 4.36. The third-order valence-corrected chi connectivity index (χ3v) is 11.1. The Morgan fingerprint density at radius 2 is 1.04 bits per heavy atom. The average Bonchev–Trinajstić information content (AvgIpc) is 3.62. The molecule has 0 unspecified atom stereocenters. The van der Waals surface area contributed by atoms with Crippen LogP contribution in [0.4, 0.5) is 17.1 Å². The Balaban J connectivity index is 1.30. The van der Waals surface area contributed by atoms with Gasteiger partial charge in [-0.1, -0.05) is 147 Å². The van der Waals surface area contributed by atoms with Crippen molar-refractivity contribution in [3.63, 3.8) is 0 Å². The summed E-state index contributed by atoms with van der Waals surface area (Å²) in [7, 11) is 0. The van der Waals surface area contributed by atoms with Gasteiger partial charge < -0.3 is 4.90 Å². The number of anilines is 3. The monoisotopic (exact) mass is 619 g/mol. The van der Waals surface area contributed by atoms with E-state index >= 15 is 0 Å². The Morgan fingerprint density at radius 3 is 1.89 bits per heavy atom. The number of nitrogens with zero attached hydrogens (tertiary/aromatic N) is 1. The van der Waals surface area contributed by atoms with Gasteiger partial charge in [-0.15, -0.1) is 11.3 Å². The maximum absolute atomic E-state index is 2.48. The number of fused-ring (bicyclic) bond motifs is 6. The van der Waals surface area contributed by atoms with E-state index in [1.807, 2.05) is 11.3 Å². The van der Waals surface area contributed by atoms with Crippen molar-refractivity contribution in [3.8, 4) is 33.4 Å². The van der Waals surface area contributed by atoms with Crippen molar-refractivity contribution in [1.29, 1.82) is 0 Å². The van der Waals surface area contributed by atoms with Crippen LogP contribution in [0.15, 0.2) is 164 Å². The Morgan fingerprint density at radius 1 is 0.447 bits per heavy atom. The minimum atomic E-state index is -0.0630. The van der Waals surface area contributed by atoms with Crippen LogP contribution in [0.3, 0.4) is 0 Å². The van der Waals surface area contributed by atoms with Crippen LogP contribution in [-0.4, -0.2) is 0 Å². The van der Waals surface area contributed by atoms with Crippen LogP contribution in [-0.2, 0) is 5.41 Å². The van der Waals surface area contributed by atoms with E-state index in [0.717, 1.165) is 5.69 Å². The molecule has 0 fully saturated rings. The van der Waals surface area contributed by atoms with E-state index in [9.17, 15) is 0 Å². The number of benzene rings is 7. The predicted octanol–water partition coefficient (Wildman–Crippen LogP) is 13.2. The second kappa shape index (κ2) is 10.8. The summed E-state index contributed by atoms with van der Waals surface area (Å²) >= 11 is 1.88. The summed E-state index contributed by atoms with van der Waals surface area (Å²) < 4.78 is 2.60. The summed E-state index contributed by atoms with van der Waals surface area (Å²) in [5.74, 6) is 0. The first-order valence-electron chi connectivity index (χ1n) is 16.3. The lowest BCUT2D eigenvalue weighted by molar-refractivity contribution is 0.660. The fourth-order valence-corrected chi connectivity index (χ4v) is 8.83. The molecule has 0 saturated carbocycles. The molecule has 1 nitrogen and oxygen atoms in total. The highest BCUT2D eigenvalue weighted by molar-refractivity contribution is 7.26. The first-order chi connectivity index (χ1) is 23.1. The minimum absolute atomic E-state index is 0.0630. The van der Waals surface area contributed by atoms with Gasteiger partial charge in [0.2, 0.25) is 0 Å². The smallest absolute Gasteiger partial charge is 0.0640 e. The SMILES string of the molecule is CC1(C)c2ccccc2-c2c(-c3ccccc3N(c3ccc(-c4ccccc4)cc3)c3cccc4c3sc3ccccc34)cccc21. The summed E-state index contributed by atoms with van der Waals surface area (Å²) in [6.07, 6.45) is 0. The number of para-hydroxylation sites is 1. The molecule has 0 radical (unpaired) electrons. The van der Waals surface area contributed by atoms with Crippen LogP contribution < -0.4 is 4.90 Å². The molecule has 1 aromatic heterocycles. The van der Waals surface area contributed by atoms with Crippen LogP contribution in [0.5, 0.6) is 0 Å². The topological polar surface area (TPSA) is 3.24 Å². The number of rotatable bonds is 5. The molecule has 9 rings (SSSR count). The van der Waals surface area contributed by atoms with Crippen molar-refractivity contribution in [2.24, 2.45) is 0 Å². The Hall–Kier alpha value is -5.44. The lowest BCUT2D eigenvalue weighted by Crippen LogP contribution is -2.14. The van der Waals surface area contributed by atoms with Crippen molar-refractivity contribution in [2.75, 3.05) is 4.90 Å². The van der Waals surface area contributed by atoms with E-state index in [-0.39, 0.29) is 5.41 Å². The van der Waals surface area contributed by atoms with Crippen molar-refractivity contribution in [2.45, 2.75) is 19.3 Å². The van der Waals surface area contributed by atoms with Gasteiger partial charge in [-0.2, -0.15) is 0 Å². The summed E-state index contributed by atoms with van der Waals surface area (Å²) in [5.41, 5.74) is 13.8. The van der Waals surface area contributed by atoms with Crippen LogP contribution in [0.1, 0.15) is 25.0 Å². The molecular weight excluding hydrogens is 587 g/mol. The summed E-state index contributed by atoms with van der Waals surface area (Å²) in [6.45, 7) is 4.71. The summed E-state index contributed by atoms with van der Waals surface area (Å²) in [6, 6.07) is 60.0. The van der Waals surface area contributed by atoms with Crippen LogP contribution >= 0.6 is 11.3 Å². The van der Waals surface area contributed by atoms with Crippen molar-refractivity contribution >= 4 is 48.6 Å². The molecule has 0 N–H and O–H groups in total. The first-order valence-corrected chi connectivity index (χ1v) is 17.1. The summed E-state index contributed by atoms with van der Waals surface area (Å²) in [4.78, 5) is 2.48. The van der Waals surface area contributed by atoms with Gasteiger partial charge in [0, 0.05) is 32.1 Å². The normalized spacial score (nSPS) is 13.1. The second-order valence-electron chi connectivity index (χ2n) is 12.9. The van der Waals surface area contributed by atoms with Crippen molar-refractivity contribution in [3.05, 3.63) is 175 Å². The molecule has 1 aliphatic carbocycles. The Kier molecular flexibility index (Phi) is 6.41. The zero-order chi connectivity index (χ0) is 31.5. The molecule has 0 bridgehead atoms. The van der Waals surface area contributed by atoms with Gasteiger partial charge in [-0.05, 0) is 69.3 Å². The third-order valence-electron chi connectivity index (χ3n) is 9.90. The maximum Gasteiger partial charge on any atom is 0.0640 e. The molecule has 7 aromatic carbocycles. The molecule has 0 spiro atoms. The van der Waals surface area contributed by atoms with E-state index in [4.69, 9.17) is 0 Å². The fourth-order valence-electron chi connectivity index (χ4n) is 7.63. The molecule has 8 aromatic rings. The quantitative estimate of drug-likeness (QED) is 0.185. The largest absolute Gasteiger partial charge is 0.308 e. The van der Waals surface area contributed by atoms with E-state index in [0.29, 0.717) is 0 Å². The molecule has 0 aliphatic heterocycles. The standard InChI is InChI=1S/C45H33NS/c1-45(2)38-21-9-6-18-37(38)43-35(19-12-22-39(43)45)33-16-7-10-23-40(33)46(32-28-26-31(27-29-32)30-14-4-3-5-15-30)41-24-13-20-36-34-17-8-11-25-42(34)47-44(36)41/h3-29H,1-2H3. The van der Waals surface area contributed by atoms with Gasteiger partial charge in [0.1, 0.15) is 0 Å². The van der Waals surface area contributed by atoms with E-state index in [1.54, 1.807) is 0 Å². The fraction of sp³-hybridized carbons (Fsp3) is 0.0667. The van der Waals surface area contributed by atoms with E-state index < -0.39 is 0 Å². The number of hydrogen-bond acceptors (Lipinski definition) is 2. The number of thiophene rings is 1. The van der Waals surface area contributed by atoms with Gasteiger partial charge in [-0.25, -0.2) is 0 Å². The average molecular weight is 620 g/mol. The van der Waals surface area contributed by atoms with Gasteiger partial charge in [0.05, 0.1) is 16.1 Å².